The summed E-state index contributed by atoms with van der Waals surface area (Å²) in [7, 11) is 0. The number of carbonyl (C=O) groups is 1. The fraction of sp³-hybridized carbons (Fsp3) is 0.278. The summed E-state index contributed by atoms with van der Waals surface area (Å²) in [5, 5.41) is 5.52. The Morgan fingerprint density at radius 1 is 0.920 bits per heavy atom. The van der Waals surface area contributed by atoms with E-state index in [4.69, 9.17) is 18.9 Å². The van der Waals surface area contributed by atoms with Crippen LogP contribution in [-0.2, 0) is 0 Å². The van der Waals surface area contributed by atoms with E-state index in [1.165, 1.54) is 0 Å². The van der Waals surface area contributed by atoms with Crippen LogP contribution in [0.15, 0.2) is 36.4 Å². The molecule has 0 fully saturated rings. The van der Waals surface area contributed by atoms with Crippen LogP contribution in [0.3, 0.4) is 0 Å². The highest BCUT2D eigenvalue weighted by Gasteiger charge is 2.14. The minimum atomic E-state index is -0.370. The first-order valence-corrected chi connectivity index (χ1v) is 8.07. The first-order valence-electron chi connectivity index (χ1n) is 8.07. The van der Waals surface area contributed by atoms with E-state index < -0.39 is 0 Å². The molecule has 25 heavy (non-hydrogen) atoms. The Kier molecular flexibility index (Phi) is 5.13. The maximum atomic E-state index is 12.2. The zero-order valence-corrected chi connectivity index (χ0v) is 14.1. The van der Waals surface area contributed by atoms with Gasteiger partial charge in [0.1, 0.15) is 0 Å². The second kappa shape index (κ2) is 7.65. The van der Waals surface area contributed by atoms with E-state index in [1.54, 1.807) is 36.4 Å². The van der Waals surface area contributed by atoms with Crippen molar-refractivity contribution in [3.05, 3.63) is 36.4 Å². The molecule has 1 aliphatic rings. The molecule has 7 heteroatoms. The van der Waals surface area contributed by atoms with E-state index in [0.717, 1.165) is 0 Å². The lowest BCUT2D eigenvalue weighted by Crippen LogP contribution is -2.19. The number of anilines is 2. The van der Waals surface area contributed by atoms with Gasteiger partial charge in [0.25, 0.3) is 0 Å². The molecule has 2 amide bonds. The van der Waals surface area contributed by atoms with Gasteiger partial charge in [-0.25, -0.2) is 4.79 Å². The van der Waals surface area contributed by atoms with Gasteiger partial charge in [0.05, 0.1) is 13.2 Å². The first kappa shape index (κ1) is 16.8. The summed E-state index contributed by atoms with van der Waals surface area (Å²) in [6.07, 6.45) is 0. The predicted molar refractivity (Wildman–Crippen MR) is 94.0 cm³/mol. The molecule has 0 unspecified atom stereocenters. The number of benzene rings is 2. The molecule has 0 aromatic heterocycles. The molecule has 0 spiro atoms. The average Bonchev–Trinajstić information content (AvgIpc) is 3.05. The van der Waals surface area contributed by atoms with Crippen molar-refractivity contribution in [2.75, 3.05) is 30.6 Å². The molecule has 0 saturated heterocycles. The molecule has 0 atom stereocenters. The van der Waals surface area contributed by atoms with Gasteiger partial charge in [-0.2, -0.15) is 0 Å². The zero-order valence-electron chi connectivity index (χ0n) is 14.1. The van der Waals surface area contributed by atoms with E-state index in [-0.39, 0.29) is 12.8 Å². The molecule has 7 nitrogen and oxygen atoms in total. The summed E-state index contributed by atoms with van der Waals surface area (Å²) < 4.78 is 21.6. The SMILES string of the molecule is CCOc1ccc(NC(=O)Nc2ccc3c(c2)OCO3)cc1OCC. The van der Waals surface area contributed by atoms with Gasteiger partial charge in [-0.15, -0.1) is 0 Å². The summed E-state index contributed by atoms with van der Waals surface area (Å²) in [6.45, 7) is 5.03. The van der Waals surface area contributed by atoms with Gasteiger partial charge in [-0.1, -0.05) is 0 Å². The highest BCUT2D eigenvalue weighted by molar-refractivity contribution is 6.00. The summed E-state index contributed by atoms with van der Waals surface area (Å²) in [5.74, 6) is 2.51. The van der Waals surface area contributed by atoms with Crippen LogP contribution in [0.4, 0.5) is 16.2 Å². The molecule has 1 heterocycles. The third-order valence-electron chi connectivity index (χ3n) is 3.43. The van der Waals surface area contributed by atoms with Crippen LogP contribution in [0, 0.1) is 0 Å². The molecule has 0 bridgehead atoms. The van der Waals surface area contributed by atoms with Crippen molar-refractivity contribution in [3.63, 3.8) is 0 Å². The third-order valence-corrected chi connectivity index (χ3v) is 3.43. The third kappa shape index (κ3) is 4.06. The number of fused-ring (bicyclic) bond motifs is 1. The van der Waals surface area contributed by atoms with E-state index in [9.17, 15) is 4.79 Å². The van der Waals surface area contributed by atoms with Gasteiger partial charge in [0.2, 0.25) is 6.79 Å². The van der Waals surface area contributed by atoms with Crippen LogP contribution in [0.5, 0.6) is 23.0 Å². The predicted octanol–water partition coefficient (Wildman–Crippen LogP) is 3.86. The van der Waals surface area contributed by atoms with E-state index >= 15 is 0 Å². The van der Waals surface area contributed by atoms with Crippen molar-refractivity contribution >= 4 is 17.4 Å². The van der Waals surface area contributed by atoms with Gasteiger partial charge in [-0.3, -0.25) is 0 Å². The summed E-state index contributed by atoms with van der Waals surface area (Å²) in [6, 6.07) is 10.1. The summed E-state index contributed by atoms with van der Waals surface area (Å²) >= 11 is 0. The fourth-order valence-electron chi connectivity index (χ4n) is 2.40. The highest BCUT2D eigenvalue weighted by atomic mass is 16.7. The van der Waals surface area contributed by atoms with Crippen molar-refractivity contribution in [2.24, 2.45) is 0 Å². The molecule has 2 aromatic carbocycles. The van der Waals surface area contributed by atoms with Gasteiger partial charge >= 0.3 is 6.03 Å². The molecular weight excluding hydrogens is 324 g/mol. The number of hydrogen-bond donors (Lipinski definition) is 2. The summed E-state index contributed by atoms with van der Waals surface area (Å²) in [5.41, 5.74) is 1.21. The molecule has 0 saturated carbocycles. The number of hydrogen-bond acceptors (Lipinski definition) is 5. The molecule has 132 valence electrons. The van der Waals surface area contributed by atoms with Gasteiger partial charge in [-0.05, 0) is 38.1 Å². The van der Waals surface area contributed by atoms with Gasteiger partial charge in [0.15, 0.2) is 23.0 Å². The molecule has 1 aliphatic heterocycles. The van der Waals surface area contributed by atoms with E-state index in [0.29, 0.717) is 47.6 Å². The van der Waals surface area contributed by atoms with Crippen LogP contribution in [0.2, 0.25) is 0 Å². The Morgan fingerprint density at radius 2 is 1.56 bits per heavy atom. The minimum Gasteiger partial charge on any atom is -0.490 e. The molecule has 2 N–H and O–H groups in total. The lowest BCUT2D eigenvalue weighted by atomic mass is 10.2. The quantitative estimate of drug-likeness (QED) is 0.832. The van der Waals surface area contributed by atoms with Crippen molar-refractivity contribution in [1.29, 1.82) is 0 Å². The van der Waals surface area contributed by atoms with Crippen LogP contribution < -0.4 is 29.6 Å². The first-order chi connectivity index (χ1) is 12.2. The van der Waals surface area contributed by atoms with E-state index in [1.807, 2.05) is 13.8 Å². The van der Waals surface area contributed by atoms with Crippen LogP contribution in [0.1, 0.15) is 13.8 Å². The fourth-order valence-corrected chi connectivity index (χ4v) is 2.40. The van der Waals surface area contributed by atoms with Crippen molar-refractivity contribution in [2.45, 2.75) is 13.8 Å². The molecule has 0 radical (unpaired) electrons. The number of carbonyl (C=O) groups excluding carboxylic acids is 1. The van der Waals surface area contributed by atoms with Gasteiger partial charge in [0, 0.05) is 23.5 Å². The molecular formula is C18H20N2O5. The van der Waals surface area contributed by atoms with Gasteiger partial charge < -0.3 is 29.6 Å². The number of urea groups is 1. The maximum absolute atomic E-state index is 12.2. The average molecular weight is 344 g/mol. The zero-order chi connectivity index (χ0) is 17.6. The monoisotopic (exact) mass is 344 g/mol. The lowest BCUT2D eigenvalue weighted by molar-refractivity contribution is 0.174. The minimum absolute atomic E-state index is 0.192. The molecule has 0 aliphatic carbocycles. The Balaban J connectivity index is 1.67. The summed E-state index contributed by atoms with van der Waals surface area (Å²) in [4.78, 5) is 12.2. The standard InChI is InChI=1S/C18H20N2O5/c1-3-22-14-7-5-12(9-16(14)23-4-2)19-18(21)20-13-6-8-15-17(10-13)25-11-24-15/h5-10H,3-4,11H2,1-2H3,(H2,19,20,21). The highest BCUT2D eigenvalue weighted by Crippen LogP contribution is 2.34. The number of rotatable bonds is 6. The number of amides is 2. The van der Waals surface area contributed by atoms with Crippen LogP contribution in [-0.4, -0.2) is 26.0 Å². The topological polar surface area (TPSA) is 78.1 Å². The lowest BCUT2D eigenvalue weighted by Gasteiger charge is -2.13. The number of nitrogens with one attached hydrogen (secondary N) is 2. The second-order valence-corrected chi connectivity index (χ2v) is 5.17. The molecule has 2 aromatic rings. The van der Waals surface area contributed by atoms with Crippen molar-refractivity contribution in [1.82, 2.24) is 0 Å². The Bertz CT molecular complexity index is 763. The largest absolute Gasteiger partial charge is 0.490 e. The Hall–Kier alpha value is -3.09. The van der Waals surface area contributed by atoms with Crippen molar-refractivity contribution < 1.29 is 23.7 Å². The van der Waals surface area contributed by atoms with Crippen LogP contribution in [0.25, 0.3) is 0 Å². The van der Waals surface area contributed by atoms with Crippen molar-refractivity contribution in [3.8, 4) is 23.0 Å². The van der Waals surface area contributed by atoms with Crippen LogP contribution >= 0.6 is 0 Å². The maximum Gasteiger partial charge on any atom is 0.323 e. The number of ether oxygens (including phenoxy) is 4. The Morgan fingerprint density at radius 3 is 2.32 bits per heavy atom. The normalized spacial score (nSPS) is 11.8. The smallest absolute Gasteiger partial charge is 0.323 e. The second-order valence-electron chi connectivity index (χ2n) is 5.17. The van der Waals surface area contributed by atoms with E-state index in [2.05, 4.69) is 10.6 Å². The molecule has 3 rings (SSSR count). The Labute approximate surface area is 145 Å².